The zero-order valence-corrected chi connectivity index (χ0v) is 15.2. The number of ether oxygens (including phenoxy) is 1. The number of aromatic nitrogens is 2. The minimum Gasteiger partial charge on any atom is -0.383 e. The maximum atomic E-state index is 12.1. The Bertz CT molecular complexity index is 577. The van der Waals surface area contributed by atoms with Crippen molar-refractivity contribution in [2.24, 2.45) is 0 Å². The van der Waals surface area contributed by atoms with Crippen LogP contribution in [0.4, 0.5) is 4.79 Å². The number of hydrogen-bond donors (Lipinski definition) is 1. The molecule has 1 aliphatic rings. The molecule has 1 aromatic heterocycles. The molecule has 0 aliphatic carbocycles. The zero-order chi connectivity index (χ0) is 18.2. The second kappa shape index (κ2) is 9.36. The lowest BCUT2D eigenvalue weighted by atomic mass is 10.2. The average molecular weight is 353 g/mol. The van der Waals surface area contributed by atoms with Crippen molar-refractivity contribution in [3.63, 3.8) is 0 Å². The first kappa shape index (κ1) is 19.2. The Balaban J connectivity index is 1.89. The topological polar surface area (TPSA) is 101 Å². The van der Waals surface area contributed by atoms with Crippen molar-refractivity contribution in [1.82, 2.24) is 25.3 Å². The highest BCUT2D eigenvalue weighted by atomic mass is 16.5. The monoisotopic (exact) mass is 353 g/mol. The Hall–Kier alpha value is -2.16. The fraction of sp³-hybridized carbons (Fsp3) is 0.750. The Labute approximate surface area is 147 Å². The summed E-state index contributed by atoms with van der Waals surface area (Å²) >= 11 is 0. The lowest BCUT2D eigenvalue weighted by Crippen LogP contribution is -2.39. The molecule has 1 aliphatic heterocycles. The summed E-state index contributed by atoms with van der Waals surface area (Å²) in [6, 6.07) is -0.268. The normalized spacial score (nSPS) is 16.9. The molecule has 9 nitrogen and oxygen atoms in total. The molecule has 1 fully saturated rings. The van der Waals surface area contributed by atoms with E-state index in [-0.39, 0.29) is 18.0 Å². The Morgan fingerprint density at radius 3 is 3.00 bits per heavy atom. The van der Waals surface area contributed by atoms with Gasteiger partial charge in [-0.3, -0.25) is 4.79 Å². The first-order valence-corrected chi connectivity index (χ1v) is 8.66. The van der Waals surface area contributed by atoms with Gasteiger partial charge in [-0.25, -0.2) is 4.79 Å². The minimum atomic E-state index is -0.163. The number of aryl methyl sites for hydroxylation is 1. The van der Waals surface area contributed by atoms with Crippen LogP contribution in [0, 0.1) is 0 Å². The number of rotatable bonds is 8. The van der Waals surface area contributed by atoms with Gasteiger partial charge >= 0.3 is 6.03 Å². The molecular weight excluding hydrogens is 326 g/mol. The van der Waals surface area contributed by atoms with Gasteiger partial charge in [0.05, 0.1) is 12.6 Å². The van der Waals surface area contributed by atoms with Gasteiger partial charge in [0.2, 0.25) is 11.8 Å². The van der Waals surface area contributed by atoms with E-state index in [0.717, 1.165) is 12.8 Å². The number of nitrogens with zero attached hydrogens (tertiary/aromatic N) is 4. The van der Waals surface area contributed by atoms with Gasteiger partial charge in [0, 0.05) is 46.6 Å². The van der Waals surface area contributed by atoms with Crippen LogP contribution in [-0.4, -0.2) is 72.3 Å². The molecule has 9 heteroatoms. The summed E-state index contributed by atoms with van der Waals surface area (Å²) in [7, 11) is 3.34. The highest BCUT2D eigenvalue weighted by molar-refractivity contribution is 5.76. The molecule has 0 bridgehead atoms. The van der Waals surface area contributed by atoms with Gasteiger partial charge in [-0.2, -0.15) is 4.98 Å². The molecule has 1 saturated heterocycles. The predicted molar refractivity (Wildman–Crippen MR) is 89.9 cm³/mol. The lowest BCUT2D eigenvalue weighted by molar-refractivity contribution is -0.130. The Kier molecular flexibility index (Phi) is 7.17. The van der Waals surface area contributed by atoms with Gasteiger partial charge in [-0.05, 0) is 19.8 Å². The van der Waals surface area contributed by atoms with Crippen LogP contribution in [0.5, 0.6) is 0 Å². The maximum absolute atomic E-state index is 12.1. The number of methoxy groups -OCH3 is 1. The van der Waals surface area contributed by atoms with Crippen LogP contribution in [-0.2, 0) is 16.0 Å². The number of carbonyl (C=O) groups excluding carboxylic acids is 2. The van der Waals surface area contributed by atoms with E-state index in [1.165, 1.54) is 0 Å². The third kappa shape index (κ3) is 5.15. The molecule has 0 aromatic carbocycles. The van der Waals surface area contributed by atoms with Crippen LogP contribution >= 0.6 is 0 Å². The predicted octanol–water partition coefficient (Wildman–Crippen LogP) is 0.973. The zero-order valence-electron chi connectivity index (χ0n) is 15.2. The summed E-state index contributed by atoms with van der Waals surface area (Å²) in [4.78, 5) is 31.8. The summed E-state index contributed by atoms with van der Waals surface area (Å²) in [6.07, 6.45) is 2.41. The van der Waals surface area contributed by atoms with Gasteiger partial charge in [0.1, 0.15) is 0 Å². The van der Waals surface area contributed by atoms with Gasteiger partial charge in [0.25, 0.3) is 0 Å². The van der Waals surface area contributed by atoms with Gasteiger partial charge in [-0.1, -0.05) is 5.16 Å². The summed E-state index contributed by atoms with van der Waals surface area (Å²) in [5.41, 5.74) is 0. The van der Waals surface area contributed by atoms with E-state index in [9.17, 15) is 9.59 Å². The second-order valence-electron chi connectivity index (χ2n) is 6.04. The molecule has 1 aromatic rings. The molecule has 25 heavy (non-hydrogen) atoms. The van der Waals surface area contributed by atoms with Crippen molar-refractivity contribution in [2.75, 3.05) is 40.4 Å². The summed E-state index contributed by atoms with van der Waals surface area (Å²) < 4.78 is 10.2. The smallest absolute Gasteiger partial charge is 0.318 e. The van der Waals surface area contributed by atoms with E-state index in [0.29, 0.717) is 50.8 Å². The van der Waals surface area contributed by atoms with E-state index >= 15 is 0 Å². The Morgan fingerprint density at radius 2 is 2.28 bits per heavy atom. The molecule has 0 saturated carbocycles. The van der Waals surface area contributed by atoms with E-state index in [1.54, 1.807) is 24.0 Å². The van der Waals surface area contributed by atoms with Crippen molar-refractivity contribution in [3.05, 3.63) is 11.7 Å². The van der Waals surface area contributed by atoms with Crippen LogP contribution in [0.3, 0.4) is 0 Å². The third-order valence-corrected chi connectivity index (χ3v) is 4.23. The van der Waals surface area contributed by atoms with E-state index < -0.39 is 0 Å². The Morgan fingerprint density at radius 1 is 1.48 bits per heavy atom. The number of carbonyl (C=O) groups is 2. The second-order valence-corrected chi connectivity index (χ2v) is 6.04. The van der Waals surface area contributed by atoms with Gasteiger partial charge in [-0.15, -0.1) is 0 Å². The number of hydrogen-bond acceptors (Lipinski definition) is 6. The summed E-state index contributed by atoms with van der Waals surface area (Å²) in [5.74, 6) is 0.937. The van der Waals surface area contributed by atoms with Gasteiger partial charge < -0.3 is 24.4 Å². The highest BCUT2D eigenvalue weighted by Gasteiger charge is 2.33. The minimum absolute atomic E-state index is 0.00150. The molecule has 2 rings (SSSR count). The van der Waals surface area contributed by atoms with Crippen LogP contribution in [0.25, 0.3) is 0 Å². The maximum Gasteiger partial charge on any atom is 0.318 e. The molecule has 0 radical (unpaired) electrons. The SMILES string of the molecule is CCNC(=O)N1CCCC1c1noc(CCC(=O)N(C)CCOC)n1. The first-order valence-electron chi connectivity index (χ1n) is 8.66. The average Bonchev–Trinajstić information content (AvgIpc) is 3.26. The number of likely N-dealkylation sites (N-methyl/N-ethyl adjacent to an activating group) is 1. The van der Waals surface area contributed by atoms with E-state index in [1.807, 2.05) is 6.92 Å². The first-order chi connectivity index (χ1) is 12.1. The summed E-state index contributed by atoms with van der Waals surface area (Å²) in [6.45, 7) is 4.20. The molecule has 140 valence electrons. The van der Waals surface area contributed by atoms with Gasteiger partial charge in [0.15, 0.2) is 5.82 Å². The van der Waals surface area contributed by atoms with Crippen molar-refractivity contribution in [3.8, 4) is 0 Å². The van der Waals surface area contributed by atoms with Crippen molar-refractivity contribution in [1.29, 1.82) is 0 Å². The fourth-order valence-corrected chi connectivity index (χ4v) is 2.79. The molecule has 0 spiro atoms. The third-order valence-electron chi connectivity index (χ3n) is 4.23. The molecule has 3 amide bonds. The number of nitrogens with one attached hydrogen (secondary N) is 1. The number of urea groups is 1. The molecular formula is C16H27N5O4. The van der Waals surface area contributed by atoms with Crippen molar-refractivity contribution >= 4 is 11.9 Å². The lowest BCUT2D eigenvalue weighted by Gasteiger charge is -2.22. The van der Waals surface area contributed by atoms with E-state index in [2.05, 4.69) is 15.5 Å². The van der Waals surface area contributed by atoms with Crippen molar-refractivity contribution < 1.29 is 18.8 Å². The molecule has 1 unspecified atom stereocenters. The highest BCUT2D eigenvalue weighted by Crippen LogP contribution is 2.30. The molecule has 2 heterocycles. The van der Waals surface area contributed by atoms with E-state index in [4.69, 9.17) is 9.26 Å². The van der Waals surface area contributed by atoms with Crippen LogP contribution in [0.15, 0.2) is 4.52 Å². The number of likely N-dealkylation sites (tertiary alicyclic amines) is 1. The molecule has 1 atom stereocenters. The largest absolute Gasteiger partial charge is 0.383 e. The van der Waals surface area contributed by atoms with Crippen LogP contribution < -0.4 is 5.32 Å². The number of amides is 3. The van der Waals surface area contributed by atoms with Crippen LogP contribution in [0.2, 0.25) is 0 Å². The quantitative estimate of drug-likeness (QED) is 0.747. The van der Waals surface area contributed by atoms with Crippen LogP contribution in [0.1, 0.15) is 43.9 Å². The van der Waals surface area contributed by atoms with Crippen molar-refractivity contribution in [2.45, 2.75) is 38.6 Å². The standard InChI is InChI=1S/C16H27N5O4/c1-4-17-16(23)21-9-5-6-12(21)15-18-13(25-19-15)7-8-14(22)20(2)10-11-24-3/h12H,4-11H2,1-3H3,(H,17,23). The summed E-state index contributed by atoms with van der Waals surface area (Å²) in [5, 5.41) is 6.81. The molecule has 1 N–H and O–H groups in total. The fourth-order valence-electron chi connectivity index (χ4n) is 2.79.